The molecule has 1 saturated heterocycles. The third-order valence-electron chi connectivity index (χ3n) is 4.92. The van der Waals surface area contributed by atoms with E-state index < -0.39 is 0 Å². The Morgan fingerprint density at radius 1 is 1.12 bits per heavy atom. The van der Waals surface area contributed by atoms with Gasteiger partial charge in [0, 0.05) is 37.1 Å². The van der Waals surface area contributed by atoms with E-state index in [9.17, 15) is 9.59 Å². The number of nitrogens with one attached hydrogen (secondary N) is 1. The predicted molar refractivity (Wildman–Crippen MR) is 94.0 cm³/mol. The Labute approximate surface area is 146 Å². The van der Waals surface area contributed by atoms with Gasteiger partial charge in [0.1, 0.15) is 0 Å². The number of hydrogen-bond donors (Lipinski definition) is 1. The zero-order valence-corrected chi connectivity index (χ0v) is 14.6. The fraction of sp³-hybridized carbons (Fsp3) is 0.556. The van der Waals surface area contributed by atoms with E-state index in [1.165, 1.54) is 10.5 Å². The van der Waals surface area contributed by atoms with Crippen LogP contribution in [0.3, 0.4) is 0 Å². The maximum Gasteiger partial charge on any atom is 0.236 e. The first-order valence-electron chi connectivity index (χ1n) is 8.74. The van der Waals surface area contributed by atoms with Crippen molar-refractivity contribution in [1.82, 2.24) is 15.1 Å². The summed E-state index contributed by atoms with van der Waals surface area (Å²) in [4.78, 5) is 30.0. The van der Waals surface area contributed by atoms with Gasteiger partial charge in [0.25, 0.3) is 0 Å². The first kappa shape index (κ1) is 16.0. The van der Waals surface area contributed by atoms with Crippen LogP contribution in [0.25, 0.3) is 0 Å². The highest BCUT2D eigenvalue weighted by atomic mass is 32.2. The van der Waals surface area contributed by atoms with Crippen LogP contribution in [0.5, 0.6) is 0 Å². The van der Waals surface area contributed by atoms with Crippen molar-refractivity contribution in [1.29, 1.82) is 0 Å². The number of carbonyl (C=O) groups is 2. The molecule has 1 aromatic carbocycles. The van der Waals surface area contributed by atoms with Gasteiger partial charge in [0.05, 0.1) is 11.8 Å². The number of piperazine rings is 1. The summed E-state index contributed by atoms with van der Waals surface area (Å²) in [5, 5.41) is 3.05. The minimum Gasteiger partial charge on any atom is -0.352 e. The SMILES string of the molecule is O=C(CN1CCN(C(=O)C2Cc3ccccc3S2)CC1)NC1CC1. The number of fused-ring (bicyclic) bond motifs is 1. The normalized spacial score (nSPS) is 23.8. The van der Waals surface area contributed by atoms with E-state index in [2.05, 4.69) is 22.3 Å². The molecule has 6 heteroatoms. The standard InChI is InChI=1S/C18H23N3O2S/c22-17(19-14-5-6-14)12-20-7-9-21(10-8-20)18(23)16-11-13-3-1-2-4-15(13)24-16/h1-4,14,16H,5-12H2,(H,19,22). The Morgan fingerprint density at radius 2 is 1.88 bits per heavy atom. The lowest BCUT2D eigenvalue weighted by Gasteiger charge is -2.35. The third-order valence-corrected chi connectivity index (χ3v) is 6.22. The molecule has 24 heavy (non-hydrogen) atoms. The molecule has 1 unspecified atom stereocenters. The second-order valence-corrected chi connectivity index (χ2v) is 8.11. The Bertz CT molecular complexity index is 614. The Kier molecular flexibility index (Phi) is 4.50. The van der Waals surface area contributed by atoms with Crippen LogP contribution in [0.4, 0.5) is 0 Å². The van der Waals surface area contributed by atoms with Crippen molar-refractivity contribution < 1.29 is 9.59 Å². The average Bonchev–Trinajstić information content (AvgIpc) is 3.29. The van der Waals surface area contributed by atoms with E-state index in [0.29, 0.717) is 12.6 Å². The van der Waals surface area contributed by atoms with E-state index in [1.807, 2.05) is 17.0 Å². The van der Waals surface area contributed by atoms with Gasteiger partial charge in [-0.1, -0.05) is 18.2 Å². The summed E-state index contributed by atoms with van der Waals surface area (Å²) >= 11 is 1.69. The number of carbonyl (C=O) groups excluding carboxylic acids is 2. The number of benzene rings is 1. The summed E-state index contributed by atoms with van der Waals surface area (Å²) in [6, 6.07) is 8.71. The third kappa shape index (κ3) is 3.59. The molecule has 1 aliphatic carbocycles. The van der Waals surface area contributed by atoms with Crippen LogP contribution in [0, 0.1) is 0 Å². The van der Waals surface area contributed by atoms with E-state index in [0.717, 1.165) is 45.4 Å². The van der Waals surface area contributed by atoms with Crippen molar-refractivity contribution >= 4 is 23.6 Å². The molecule has 4 rings (SSSR count). The molecule has 1 saturated carbocycles. The van der Waals surface area contributed by atoms with Crippen LogP contribution in [0.15, 0.2) is 29.2 Å². The van der Waals surface area contributed by atoms with Gasteiger partial charge in [-0.15, -0.1) is 11.8 Å². The van der Waals surface area contributed by atoms with Crippen LogP contribution < -0.4 is 5.32 Å². The van der Waals surface area contributed by atoms with Gasteiger partial charge in [0.15, 0.2) is 0 Å². The predicted octanol–water partition coefficient (Wildman–Crippen LogP) is 1.13. The molecular weight excluding hydrogens is 322 g/mol. The molecule has 5 nitrogen and oxygen atoms in total. The smallest absolute Gasteiger partial charge is 0.236 e. The number of thioether (sulfide) groups is 1. The molecule has 1 atom stereocenters. The molecule has 0 spiro atoms. The summed E-state index contributed by atoms with van der Waals surface area (Å²) in [5.41, 5.74) is 1.29. The van der Waals surface area contributed by atoms with Gasteiger partial charge in [-0.2, -0.15) is 0 Å². The first-order chi connectivity index (χ1) is 11.7. The Hall–Kier alpha value is -1.53. The summed E-state index contributed by atoms with van der Waals surface area (Å²) in [5.74, 6) is 0.373. The second kappa shape index (κ2) is 6.76. The van der Waals surface area contributed by atoms with Crippen LogP contribution in [0.1, 0.15) is 18.4 Å². The minimum absolute atomic E-state index is 0.0205. The number of amides is 2. The first-order valence-corrected chi connectivity index (χ1v) is 9.62. The van der Waals surface area contributed by atoms with Crippen molar-refractivity contribution in [2.45, 2.75) is 35.4 Å². The van der Waals surface area contributed by atoms with Gasteiger partial charge in [-0.25, -0.2) is 0 Å². The molecule has 2 fully saturated rings. The molecule has 1 aromatic rings. The van der Waals surface area contributed by atoms with Gasteiger partial charge in [-0.05, 0) is 30.9 Å². The van der Waals surface area contributed by atoms with Gasteiger partial charge < -0.3 is 10.2 Å². The van der Waals surface area contributed by atoms with Crippen LogP contribution in [-0.2, 0) is 16.0 Å². The fourth-order valence-electron chi connectivity index (χ4n) is 3.35. The largest absolute Gasteiger partial charge is 0.352 e. The van der Waals surface area contributed by atoms with E-state index in [-0.39, 0.29) is 17.1 Å². The zero-order valence-electron chi connectivity index (χ0n) is 13.7. The fourth-order valence-corrected chi connectivity index (χ4v) is 4.63. The molecular formula is C18H23N3O2S. The zero-order chi connectivity index (χ0) is 16.5. The lowest BCUT2D eigenvalue weighted by Crippen LogP contribution is -2.52. The molecule has 128 valence electrons. The molecule has 1 N–H and O–H groups in total. The van der Waals surface area contributed by atoms with Gasteiger partial charge in [0.2, 0.25) is 11.8 Å². The maximum absolute atomic E-state index is 12.8. The van der Waals surface area contributed by atoms with Crippen LogP contribution in [0.2, 0.25) is 0 Å². The highest BCUT2D eigenvalue weighted by Gasteiger charge is 2.33. The Morgan fingerprint density at radius 3 is 2.58 bits per heavy atom. The van der Waals surface area contributed by atoms with Gasteiger partial charge in [-0.3, -0.25) is 14.5 Å². The number of nitrogens with zero attached hydrogens (tertiary/aromatic N) is 2. The van der Waals surface area contributed by atoms with E-state index in [1.54, 1.807) is 11.8 Å². The average molecular weight is 345 g/mol. The summed E-state index contributed by atoms with van der Waals surface area (Å²) in [6.45, 7) is 3.48. The molecule has 0 bridgehead atoms. The van der Waals surface area contributed by atoms with Gasteiger partial charge >= 0.3 is 0 Å². The van der Waals surface area contributed by atoms with E-state index >= 15 is 0 Å². The second-order valence-electron chi connectivity index (χ2n) is 6.86. The molecule has 3 aliphatic rings. The number of hydrogen-bond acceptors (Lipinski definition) is 4. The van der Waals surface area contributed by atoms with Crippen LogP contribution >= 0.6 is 11.8 Å². The summed E-state index contributed by atoms with van der Waals surface area (Å²) < 4.78 is 0. The highest BCUT2D eigenvalue weighted by molar-refractivity contribution is 8.01. The summed E-state index contributed by atoms with van der Waals surface area (Å²) in [6.07, 6.45) is 3.08. The lowest BCUT2D eigenvalue weighted by molar-refractivity contribution is -0.132. The van der Waals surface area contributed by atoms with Crippen molar-refractivity contribution in [3.63, 3.8) is 0 Å². The van der Waals surface area contributed by atoms with Crippen LogP contribution in [-0.4, -0.2) is 65.6 Å². The minimum atomic E-state index is 0.0205. The summed E-state index contributed by atoms with van der Waals surface area (Å²) in [7, 11) is 0. The monoisotopic (exact) mass is 345 g/mol. The Balaban J connectivity index is 1.25. The van der Waals surface area contributed by atoms with Crippen molar-refractivity contribution in [3.8, 4) is 0 Å². The quantitative estimate of drug-likeness (QED) is 0.889. The maximum atomic E-state index is 12.8. The number of rotatable bonds is 4. The van der Waals surface area contributed by atoms with Crippen molar-refractivity contribution in [2.24, 2.45) is 0 Å². The molecule has 2 aliphatic heterocycles. The van der Waals surface area contributed by atoms with Crippen molar-refractivity contribution in [2.75, 3.05) is 32.7 Å². The molecule has 2 amide bonds. The van der Waals surface area contributed by atoms with Crippen molar-refractivity contribution in [3.05, 3.63) is 29.8 Å². The lowest BCUT2D eigenvalue weighted by atomic mass is 10.1. The molecule has 0 aromatic heterocycles. The highest BCUT2D eigenvalue weighted by Crippen LogP contribution is 2.37. The molecule has 2 heterocycles. The topological polar surface area (TPSA) is 52.7 Å². The van der Waals surface area contributed by atoms with E-state index in [4.69, 9.17) is 0 Å². The molecule has 0 radical (unpaired) electrons.